The van der Waals surface area contributed by atoms with Crippen molar-refractivity contribution in [1.29, 1.82) is 0 Å². The average Bonchev–Trinajstić information content (AvgIpc) is 3.18. The Morgan fingerprint density at radius 1 is 0.557 bits per heavy atom. The van der Waals surface area contributed by atoms with Gasteiger partial charge in [-0.1, -0.05) is 145 Å². The lowest BCUT2D eigenvalue weighted by atomic mass is 9.34. The number of hydrogen-bond acceptors (Lipinski definition) is 3. The van der Waals surface area contributed by atoms with Crippen molar-refractivity contribution in [3.8, 4) is 0 Å². The molecule has 3 aliphatic heterocycles. The Kier molecular flexibility index (Phi) is 8.26. The molecule has 5 aliphatic rings. The first-order chi connectivity index (χ1) is 28.4. The van der Waals surface area contributed by atoms with Gasteiger partial charge >= 0.3 is 0 Å². The van der Waals surface area contributed by atoms with E-state index in [1.165, 1.54) is 68.6 Å². The van der Waals surface area contributed by atoms with Crippen LogP contribution in [0.15, 0.2) is 84.5 Å². The van der Waals surface area contributed by atoms with Crippen LogP contribution in [0.2, 0.25) is 0 Å². The van der Waals surface area contributed by atoms with Crippen molar-refractivity contribution >= 4 is 51.8 Å². The molecule has 0 bridgehead atoms. The Morgan fingerprint density at radius 3 is 1.79 bits per heavy atom. The van der Waals surface area contributed by atoms with E-state index in [2.05, 4.69) is 193 Å². The fourth-order valence-corrected chi connectivity index (χ4v) is 12.4. The predicted octanol–water partition coefficient (Wildman–Crippen LogP) is 13.9. The van der Waals surface area contributed by atoms with E-state index in [0.717, 1.165) is 41.0 Å². The standard InChI is InChI=1S/C57H67BN2O/c1-33-18-16-17-19-38(33)49-51(61)58-41-25-24-39-45-50(41)60(43-32-36(53(6,7)8)31-42(47(43)58)59(49)37-22-20-35(21-23-37)52(3,4)5)48-34(2)30-40-44(56(13,14)27-26-55(40,11)12)46(48)57(45,15)29-28-54(39,9)10/h16-25,30-32,61H,26-29H2,1-15H3. The molecule has 314 valence electrons. The number of hydrogen-bond donors (Lipinski definition) is 1. The van der Waals surface area contributed by atoms with Crippen LogP contribution in [0, 0.1) is 13.8 Å². The summed E-state index contributed by atoms with van der Waals surface area (Å²) in [4.78, 5) is 5.14. The second-order valence-corrected chi connectivity index (χ2v) is 23.9. The molecule has 0 saturated carbocycles. The van der Waals surface area contributed by atoms with Gasteiger partial charge in [0.1, 0.15) is 0 Å². The number of aryl methyl sites for hydroxylation is 2. The summed E-state index contributed by atoms with van der Waals surface area (Å²) in [5.41, 5.74) is 23.4. The molecule has 61 heavy (non-hydrogen) atoms. The third kappa shape index (κ3) is 5.48. The van der Waals surface area contributed by atoms with Crippen molar-refractivity contribution in [1.82, 2.24) is 0 Å². The van der Waals surface area contributed by atoms with Crippen LogP contribution in [0.5, 0.6) is 0 Å². The first kappa shape index (κ1) is 40.4. The van der Waals surface area contributed by atoms with Crippen molar-refractivity contribution in [2.45, 2.75) is 162 Å². The van der Waals surface area contributed by atoms with Crippen molar-refractivity contribution in [2.75, 3.05) is 9.80 Å². The lowest BCUT2D eigenvalue weighted by molar-refractivity contribution is 0.311. The van der Waals surface area contributed by atoms with Crippen LogP contribution in [-0.2, 0) is 32.5 Å². The maximum Gasteiger partial charge on any atom is 0.296 e. The zero-order chi connectivity index (χ0) is 43.7. The molecule has 0 aromatic heterocycles. The number of benzene rings is 5. The van der Waals surface area contributed by atoms with Crippen molar-refractivity contribution in [3.05, 3.63) is 140 Å². The largest absolute Gasteiger partial charge is 0.519 e. The molecule has 0 radical (unpaired) electrons. The van der Waals surface area contributed by atoms with Crippen LogP contribution in [0.4, 0.5) is 28.4 Å². The normalized spacial score (nSPS) is 21.5. The summed E-state index contributed by atoms with van der Waals surface area (Å²) in [6.07, 6.45) is 4.58. The van der Waals surface area contributed by atoms with Gasteiger partial charge in [-0.15, -0.1) is 0 Å². The van der Waals surface area contributed by atoms with Crippen molar-refractivity contribution in [2.24, 2.45) is 0 Å². The van der Waals surface area contributed by atoms with Gasteiger partial charge in [-0.2, -0.15) is 0 Å². The Labute approximate surface area is 367 Å². The quantitative estimate of drug-likeness (QED) is 0.180. The molecule has 2 aliphatic carbocycles. The summed E-state index contributed by atoms with van der Waals surface area (Å²) in [5, 5.41) is 13.5. The first-order valence-electron chi connectivity index (χ1n) is 23.1. The molecule has 1 atom stereocenters. The van der Waals surface area contributed by atoms with Crippen molar-refractivity contribution in [3.63, 3.8) is 0 Å². The minimum Gasteiger partial charge on any atom is -0.519 e. The second kappa shape index (κ2) is 12.5. The minimum atomic E-state index is -0.334. The summed E-state index contributed by atoms with van der Waals surface area (Å²) in [6.45, 7) is 35.7. The minimum absolute atomic E-state index is 0.0111. The second-order valence-electron chi connectivity index (χ2n) is 23.9. The highest BCUT2D eigenvalue weighted by Crippen LogP contribution is 2.65. The van der Waals surface area contributed by atoms with Gasteiger partial charge in [-0.05, 0) is 152 Å². The van der Waals surface area contributed by atoms with E-state index < -0.39 is 0 Å². The third-order valence-electron chi connectivity index (χ3n) is 16.2. The predicted molar refractivity (Wildman–Crippen MR) is 262 cm³/mol. The summed E-state index contributed by atoms with van der Waals surface area (Å²) < 4.78 is 0. The molecule has 1 unspecified atom stereocenters. The molecule has 3 nitrogen and oxygen atoms in total. The molecular weight excluding hydrogens is 739 g/mol. The van der Waals surface area contributed by atoms with E-state index in [9.17, 15) is 5.11 Å². The molecular formula is C57H67BN2O. The van der Waals surface area contributed by atoms with Crippen LogP contribution in [0.25, 0.3) is 5.70 Å². The number of anilines is 5. The highest BCUT2D eigenvalue weighted by Gasteiger charge is 2.57. The summed E-state index contributed by atoms with van der Waals surface area (Å²) in [7, 11) is 0. The molecule has 0 spiro atoms. The molecule has 5 aromatic rings. The number of fused-ring (bicyclic) bond motifs is 7. The van der Waals surface area contributed by atoms with E-state index >= 15 is 0 Å². The molecule has 0 fully saturated rings. The highest BCUT2D eigenvalue weighted by molar-refractivity contribution is 6.95. The fraction of sp³-hybridized carbons (Fsp3) is 0.439. The van der Waals surface area contributed by atoms with Crippen LogP contribution in [0.3, 0.4) is 0 Å². The van der Waals surface area contributed by atoms with Gasteiger partial charge in [0, 0.05) is 33.7 Å². The summed E-state index contributed by atoms with van der Waals surface area (Å²) >= 11 is 0. The van der Waals surface area contributed by atoms with E-state index in [-0.39, 0.29) is 39.2 Å². The summed E-state index contributed by atoms with van der Waals surface area (Å²) in [6, 6.07) is 30.2. The smallest absolute Gasteiger partial charge is 0.296 e. The van der Waals surface area contributed by atoms with Gasteiger partial charge < -0.3 is 14.9 Å². The monoisotopic (exact) mass is 807 g/mol. The number of aliphatic hydroxyl groups excluding tert-OH is 1. The van der Waals surface area contributed by atoms with E-state index in [0.29, 0.717) is 5.66 Å². The van der Waals surface area contributed by atoms with Gasteiger partial charge in [0.25, 0.3) is 6.71 Å². The molecule has 5 aromatic carbocycles. The maximum atomic E-state index is 13.5. The molecule has 1 N–H and O–H groups in total. The lowest BCUT2D eigenvalue weighted by Crippen LogP contribution is -2.59. The zero-order valence-corrected chi connectivity index (χ0v) is 39.8. The van der Waals surface area contributed by atoms with Gasteiger partial charge in [0.15, 0.2) is 0 Å². The van der Waals surface area contributed by atoms with E-state index in [4.69, 9.17) is 0 Å². The molecule has 3 heterocycles. The van der Waals surface area contributed by atoms with Crippen LogP contribution in [-0.4, -0.2) is 11.8 Å². The molecule has 0 amide bonds. The Hall–Kier alpha value is -4.70. The van der Waals surface area contributed by atoms with Gasteiger partial charge in [-0.3, -0.25) is 0 Å². The van der Waals surface area contributed by atoms with Crippen LogP contribution < -0.4 is 20.7 Å². The summed E-state index contributed by atoms with van der Waals surface area (Å²) in [5.74, 6) is 0. The molecule has 0 saturated heterocycles. The van der Waals surface area contributed by atoms with E-state index in [1.54, 1.807) is 16.7 Å². The molecule has 4 heteroatoms. The van der Waals surface area contributed by atoms with E-state index in [1.807, 2.05) is 0 Å². The van der Waals surface area contributed by atoms with Gasteiger partial charge in [-0.25, -0.2) is 0 Å². The SMILES string of the molecule is Cc1ccccc1C1=C(O)B2c3ccc4c5c3N(c3cc(C(C)(C)C)cc(c32)N1c1ccc(C(C)(C)C)cc1)c1c(C)cc2c(c1C5(C)CCC4(C)C)C(C)(C)CCC2(C)C. The Balaban J connectivity index is 1.39. The highest BCUT2D eigenvalue weighted by atomic mass is 16.3. The Morgan fingerprint density at radius 2 is 1.15 bits per heavy atom. The fourth-order valence-electron chi connectivity index (χ4n) is 12.4. The number of aliphatic hydroxyl groups is 1. The van der Waals surface area contributed by atoms with Crippen LogP contribution in [0.1, 0.15) is 171 Å². The lowest BCUT2D eigenvalue weighted by Gasteiger charge is -2.57. The average molecular weight is 807 g/mol. The zero-order valence-electron chi connectivity index (χ0n) is 39.8. The topological polar surface area (TPSA) is 26.7 Å². The number of rotatable bonds is 2. The maximum absolute atomic E-state index is 13.5. The Bertz CT molecular complexity index is 2750. The van der Waals surface area contributed by atoms with Gasteiger partial charge in [0.05, 0.1) is 17.0 Å². The molecule has 10 rings (SSSR count). The van der Waals surface area contributed by atoms with Gasteiger partial charge in [0.2, 0.25) is 0 Å². The first-order valence-corrected chi connectivity index (χ1v) is 23.1. The van der Waals surface area contributed by atoms with Crippen LogP contribution >= 0.6 is 0 Å². The van der Waals surface area contributed by atoms with Crippen molar-refractivity contribution < 1.29 is 5.11 Å². The third-order valence-corrected chi connectivity index (χ3v) is 16.2. The number of nitrogens with zero attached hydrogens (tertiary/aromatic N) is 2.